The van der Waals surface area contributed by atoms with Gasteiger partial charge >= 0.3 is 0 Å². The second-order valence-electron chi connectivity index (χ2n) is 13.4. The fourth-order valence-electron chi connectivity index (χ4n) is 8.15. The molecule has 2 atom stereocenters. The first kappa shape index (κ1) is 29.3. The van der Waals surface area contributed by atoms with Crippen molar-refractivity contribution in [2.24, 2.45) is 5.92 Å². The standard InChI is InChI=1S/C45H34N4S/c1-4-14-29(15-5-1)32-24-26-38(36(28-32)45-47-43(30-16-6-2-7-17-30)46-44(48-45)31-18-8-3-9-19-31)49-37-22-12-10-21-35(37)41-39(49)27-25-34-33-20-11-13-23-40(33)50-42(34)41/h1-4,6-14,16-23,25-27,32,36H,5,15,24,28H2. The summed E-state index contributed by atoms with van der Waals surface area (Å²) < 4.78 is 5.20. The molecule has 2 aliphatic rings. The largest absolute Gasteiger partial charge is 0.312 e. The number of allylic oxidation sites excluding steroid dienone is 6. The summed E-state index contributed by atoms with van der Waals surface area (Å²) in [5, 5.41) is 5.26. The number of aromatic nitrogens is 4. The van der Waals surface area contributed by atoms with Crippen LogP contribution in [0.3, 0.4) is 0 Å². The third kappa shape index (κ3) is 4.84. The number of para-hydroxylation sites is 1. The zero-order valence-electron chi connectivity index (χ0n) is 27.5. The van der Waals surface area contributed by atoms with Crippen LogP contribution in [0, 0.1) is 5.92 Å². The van der Waals surface area contributed by atoms with E-state index < -0.39 is 0 Å². The van der Waals surface area contributed by atoms with E-state index in [1.807, 2.05) is 23.5 Å². The Kier molecular flexibility index (Phi) is 7.05. The van der Waals surface area contributed by atoms with Crippen molar-refractivity contribution < 1.29 is 0 Å². The number of hydrogen-bond donors (Lipinski definition) is 0. The Bertz CT molecular complexity index is 2600. The van der Waals surface area contributed by atoms with Gasteiger partial charge in [0.2, 0.25) is 0 Å². The molecule has 0 bridgehead atoms. The van der Waals surface area contributed by atoms with Gasteiger partial charge in [-0.15, -0.1) is 11.3 Å². The van der Waals surface area contributed by atoms with Crippen molar-refractivity contribution in [3.05, 3.63) is 157 Å². The minimum Gasteiger partial charge on any atom is -0.312 e. The van der Waals surface area contributed by atoms with E-state index in [1.165, 1.54) is 53.2 Å². The van der Waals surface area contributed by atoms with Crippen molar-refractivity contribution in [1.82, 2.24) is 19.5 Å². The van der Waals surface area contributed by atoms with E-state index in [9.17, 15) is 0 Å². The van der Waals surface area contributed by atoms with Crippen molar-refractivity contribution in [3.63, 3.8) is 0 Å². The first-order chi connectivity index (χ1) is 24.8. The van der Waals surface area contributed by atoms with Crippen molar-refractivity contribution in [2.45, 2.75) is 31.6 Å². The van der Waals surface area contributed by atoms with E-state index in [2.05, 4.69) is 138 Å². The maximum Gasteiger partial charge on any atom is 0.163 e. The molecule has 240 valence electrons. The molecule has 5 heteroatoms. The van der Waals surface area contributed by atoms with E-state index in [0.29, 0.717) is 17.6 Å². The number of benzene rings is 5. The Balaban J connectivity index is 1.23. The molecule has 5 aromatic carbocycles. The van der Waals surface area contributed by atoms with Crippen LogP contribution in [-0.2, 0) is 0 Å². The van der Waals surface area contributed by atoms with Crippen LogP contribution in [0.4, 0.5) is 0 Å². The van der Waals surface area contributed by atoms with Crippen LogP contribution < -0.4 is 0 Å². The second-order valence-corrected chi connectivity index (χ2v) is 14.5. The summed E-state index contributed by atoms with van der Waals surface area (Å²) in [6.45, 7) is 0. The molecule has 10 rings (SSSR count). The van der Waals surface area contributed by atoms with Gasteiger partial charge < -0.3 is 4.57 Å². The number of thiophene rings is 1. The highest BCUT2D eigenvalue weighted by atomic mass is 32.1. The lowest BCUT2D eigenvalue weighted by Crippen LogP contribution is -2.22. The summed E-state index contributed by atoms with van der Waals surface area (Å²) in [6, 6.07) is 43.1. The zero-order valence-corrected chi connectivity index (χ0v) is 28.4. The summed E-state index contributed by atoms with van der Waals surface area (Å²) in [5.74, 6) is 2.64. The molecule has 0 amide bonds. The molecule has 0 saturated heterocycles. The first-order valence-corrected chi connectivity index (χ1v) is 18.4. The Morgan fingerprint density at radius 2 is 1.34 bits per heavy atom. The molecule has 0 saturated carbocycles. The van der Waals surface area contributed by atoms with Crippen molar-refractivity contribution in [3.8, 4) is 22.8 Å². The molecule has 0 spiro atoms. The molecule has 2 aliphatic carbocycles. The molecule has 0 N–H and O–H groups in total. The third-order valence-electron chi connectivity index (χ3n) is 10.5. The Labute approximate surface area is 294 Å². The molecular weight excluding hydrogens is 629 g/mol. The lowest BCUT2D eigenvalue weighted by molar-refractivity contribution is 0.486. The van der Waals surface area contributed by atoms with Crippen LogP contribution in [0.15, 0.2) is 151 Å². The van der Waals surface area contributed by atoms with Crippen LogP contribution in [0.25, 0.3) is 70.5 Å². The number of fused-ring (bicyclic) bond motifs is 7. The molecule has 0 radical (unpaired) electrons. The highest BCUT2D eigenvalue weighted by molar-refractivity contribution is 7.26. The highest BCUT2D eigenvalue weighted by Gasteiger charge is 2.33. The maximum atomic E-state index is 5.32. The fraction of sp³-hybridized carbons (Fsp3) is 0.133. The number of nitrogens with zero attached hydrogens (tertiary/aromatic N) is 4. The quantitative estimate of drug-likeness (QED) is 0.184. The van der Waals surface area contributed by atoms with E-state index >= 15 is 0 Å². The van der Waals surface area contributed by atoms with Crippen LogP contribution in [0.5, 0.6) is 0 Å². The topological polar surface area (TPSA) is 43.6 Å². The third-order valence-corrected chi connectivity index (χ3v) is 11.7. The van der Waals surface area contributed by atoms with Crippen molar-refractivity contribution in [2.75, 3.05) is 0 Å². The molecule has 2 unspecified atom stereocenters. The Hall–Kier alpha value is -5.65. The molecular formula is C45H34N4S. The minimum atomic E-state index is -0.0365. The van der Waals surface area contributed by atoms with Crippen LogP contribution in [0.2, 0.25) is 0 Å². The Morgan fingerprint density at radius 1 is 0.640 bits per heavy atom. The minimum absolute atomic E-state index is 0.0365. The Morgan fingerprint density at radius 3 is 2.08 bits per heavy atom. The molecule has 3 aromatic heterocycles. The highest BCUT2D eigenvalue weighted by Crippen LogP contribution is 2.48. The fourth-order valence-corrected chi connectivity index (χ4v) is 9.41. The molecule has 50 heavy (non-hydrogen) atoms. The normalized spacial score (nSPS) is 17.8. The lowest BCUT2D eigenvalue weighted by atomic mass is 9.77. The molecule has 8 aromatic rings. The van der Waals surface area contributed by atoms with Crippen molar-refractivity contribution in [1.29, 1.82) is 0 Å². The van der Waals surface area contributed by atoms with Gasteiger partial charge in [-0.25, -0.2) is 15.0 Å². The summed E-state index contributed by atoms with van der Waals surface area (Å²) in [4.78, 5) is 15.7. The van der Waals surface area contributed by atoms with Crippen LogP contribution in [0.1, 0.15) is 37.4 Å². The van der Waals surface area contributed by atoms with Gasteiger partial charge in [0, 0.05) is 47.8 Å². The lowest BCUT2D eigenvalue weighted by Gasteiger charge is -2.32. The average molecular weight is 663 g/mol. The summed E-state index contributed by atoms with van der Waals surface area (Å²) in [5.41, 5.74) is 7.24. The van der Waals surface area contributed by atoms with Gasteiger partial charge in [-0.3, -0.25) is 0 Å². The van der Waals surface area contributed by atoms with Gasteiger partial charge in [-0.05, 0) is 49.8 Å². The summed E-state index contributed by atoms with van der Waals surface area (Å²) >= 11 is 1.90. The van der Waals surface area contributed by atoms with Crippen molar-refractivity contribution >= 4 is 59.0 Å². The number of hydrogen-bond acceptors (Lipinski definition) is 4. The summed E-state index contributed by atoms with van der Waals surface area (Å²) in [6.07, 6.45) is 13.5. The van der Waals surface area contributed by atoms with Gasteiger partial charge in [0.05, 0.1) is 17.0 Å². The van der Waals surface area contributed by atoms with E-state index in [-0.39, 0.29) is 5.92 Å². The summed E-state index contributed by atoms with van der Waals surface area (Å²) in [7, 11) is 0. The average Bonchev–Trinajstić information content (AvgIpc) is 3.74. The van der Waals surface area contributed by atoms with Crippen LogP contribution in [-0.4, -0.2) is 19.5 Å². The zero-order chi connectivity index (χ0) is 33.0. The monoisotopic (exact) mass is 662 g/mol. The molecule has 0 fully saturated rings. The van der Waals surface area contributed by atoms with Gasteiger partial charge in [0.25, 0.3) is 0 Å². The van der Waals surface area contributed by atoms with Gasteiger partial charge in [-0.1, -0.05) is 133 Å². The van der Waals surface area contributed by atoms with Crippen LogP contribution >= 0.6 is 11.3 Å². The smallest absolute Gasteiger partial charge is 0.163 e. The van der Waals surface area contributed by atoms with Gasteiger partial charge in [0.1, 0.15) is 5.82 Å². The van der Waals surface area contributed by atoms with Gasteiger partial charge in [0.15, 0.2) is 11.6 Å². The van der Waals surface area contributed by atoms with E-state index in [1.54, 1.807) is 0 Å². The van der Waals surface area contributed by atoms with E-state index in [4.69, 9.17) is 15.0 Å². The maximum absolute atomic E-state index is 5.32. The second kappa shape index (κ2) is 12.0. The number of rotatable bonds is 5. The van der Waals surface area contributed by atoms with E-state index in [0.717, 1.165) is 42.6 Å². The molecule has 3 heterocycles. The SMILES string of the molecule is C1=CCCC(C2CC=C(n3c4ccccc4c4c5sc6ccccc6c5ccc43)C(c3nc(-c4ccccc4)nc(-c4ccccc4)n3)C2)=C1. The first-order valence-electron chi connectivity index (χ1n) is 17.6. The van der Waals surface area contributed by atoms with Gasteiger partial charge in [-0.2, -0.15) is 0 Å². The molecule has 4 nitrogen and oxygen atoms in total. The molecule has 0 aliphatic heterocycles. The predicted octanol–water partition coefficient (Wildman–Crippen LogP) is 12.0. The predicted molar refractivity (Wildman–Crippen MR) is 209 cm³/mol.